The van der Waals surface area contributed by atoms with Gasteiger partial charge < -0.3 is 19.6 Å². The van der Waals surface area contributed by atoms with Gasteiger partial charge in [-0.1, -0.05) is 29.6 Å². The van der Waals surface area contributed by atoms with Crippen molar-refractivity contribution in [2.75, 3.05) is 22.1 Å². The average Bonchev–Trinajstić information content (AvgIpc) is 2.58. The Morgan fingerprint density at radius 2 is 1.44 bits per heavy atom. The largest absolute Gasteiger partial charge is 0.389 e. The molecule has 0 aliphatic carbocycles. The molecule has 2 amide bonds. The predicted octanol–water partition coefficient (Wildman–Crippen LogP) is 5.41. The molecule has 10 heteroatoms. The summed E-state index contributed by atoms with van der Waals surface area (Å²) in [5.74, 6) is 1.26. The summed E-state index contributed by atoms with van der Waals surface area (Å²) in [7, 11) is -2.95. The predicted molar refractivity (Wildman–Crippen MR) is 118 cm³/mol. The Morgan fingerprint density at radius 3 is 1.96 bits per heavy atom. The zero-order chi connectivity index (χ0) is 20.2. The van der Waals surface area contributed by atoms with E-state index in [0.717, 1.165) is 18.4 Å². The number of benzene rings is 1. The minimum absolute atomic E-state index is 0.165. The third-order valence-corrected chi connectivity index (χ3v) is 7.36. The van der Waals surface area contributed by atoms with Crippen LogP contribution in [0.1, 0.15) is 18.4 Å². The fourth-order valence-electron chi connectivity index (χ4n) is 2.11. The van der Waals surface area contributed by atoms with Crippen molar-refractivity contribution in [1.82, 2.24) is 0 Å². The van der Waals surface area contributed by atoms with Gasteiger partial charge in [-0.3, -0.25) is 9.59 Å². The van der Waals surface area contributed by atoms with E-state index in [1.807, 2.05) is 13.0 Å². The van der Waals surface area contributed by atoms with Gasteiger partial charge in [-0.25, -0.2) is 0 Å². The van der Waals surface area contributed by atoms with Crippen molar-refractivity contribution in [3.63, 3.8) is 0 Å². The molecule has 0 radical (unpaired) electrons. The first-order valence-electron chi connectivity index (χ1n) is 8.75. The summed E-state index contributed by atoms with van der Waals surface area (Å²) in [6.45, 7) is 5.33. The lowest BCUT2D eigenvalue weighted by molar-refractivity contribution is 0.269. The van der Waals surface area contributed by atoms with E-state index in [-0.39, 0.29) is 10.5 Å². The van der Waals surface area contributed by atoms with Crippen molar-refractivity contribution in [2.45, 2.75) is 44.9 Å². The van der Waals surface area contributed by atoms with E-state index in [4.69, 9.17) is 0 Å². The molecule has 0 heterocycles. The van der Waals surface area contributed by atoms with Crippen LogP contribution in [0.2, 0.25) is 25.2 Å². The molecule has 1 rings (SSSR count). The Labute approximate surface area is 172 Å². The lowest BCUT2D eigenvalue weighted by Gasteiger charge is -2.11. The van der Waals surface area contributed by atoms with Gasteiger partial charge in [0.1, 0.15) is 0 Å². The minimum atomic E-state index is -1.48. The summed E-state index contributed by atoms with van der Waals surface area (Å²) >= 11 is 2.34. The number of anilines is 2. The van der Waals surface area contributed by atoms with Gasteiger partial charge in [0.05, 0.1) is 0 Å². The molecule has 0 aliphatic rings. The highest BCUT2D eigenvalue weighted by Crippen LogP contribution is 2.23. The monoisotopic (exact) mass is 442 g/mol. The van der Waals surface area contributed by atoms with E-state index in [1.165, 1.54) is 23.5 Å². The highest BCUT2D eigenvalue weighted by molar-refractivity contribution is 8.14. The van der Waals surface area contributed by atoms with Gasteiger partial charge in [0.2, 0.25) is 0 Å². The Hall–Kier alpha value is -1.11. The molecular weight excluding hydrogens is 417 g/mol. The molecule has 0 saturated heterocycles. The van der Waals surface area contributed by atoms with E-state index in [2.05, 4.69) is 10.6 Å². The maximum absolute atomic E-state index is 12.0. The number of rotatable bonds is 10. The first-order valence-corrected chi connectivity index (χ1v) is 14.9. The molecule has 0 aromatic heterocycles. The lowest BCUT2D eigenvalue weighted by atomic mass is 10.2. The number of carbonyl (C=O) groups is 2. The van der Waals surface area contributed by atoms with Crippen LogP contribution in [-0.2, 0) is 8.92 Å². The molecule has 0 bridgehead atoms. The van der Waals surface area contributed by atoms with Gasteiger partial charge in [-0.2, -0.15) is 0 Å². The third kappa shape index (κ3) is 11.4. The molecule has 0 unspecified atom stereocenters. The maximum Gasteiger partial charge on any atom is 0.283 e. The minimum Gasteiger partial charge on any atom is -0.389 e. The molecule has 148 valence electrons. The second-order valence-corrected chi connectivity index (χ2v) is 12.1. The highest BCUT2D eigenvalue weighted by atomic mass is 32.2. The zero-order valence-electron chi connectivity index (χ0n) is 15.9. The van der Waals surface area contributed by atoms with E-state index in [0.29, 0.717) is 35.0 Å². The first kappa shape index (κ1) is 23.9. The van der Waals surface area contributed by atoms with Crippen LogP contribution in [0.5, 0.6) is 0 Å². The van der Waals surface area contributed by atoms with Crippen molar-refractivity contribution >= 4 is 62.7 Å². The van der Waals surface area contributed by atoms with Crippen molar-refractivity contribution in [2.24, 2.45) is 0 Å². The fourth-order valence-corrected chi connectivity index (χ4v) is 5.29. The number of nitrogens with one attached hydrogen (secondary N) is 2. The third-order valence-electron chi connectivity index (χ3n) is 3.53. The van der Waals surface area contributed by atoms with Crippen LogP contribution < -0.4 is 10.6 Å². The molecule has 0 atom stereocenters. The zero-order valence-corrected chi connectivity index (χ0v) is 19.6. The van der Waals surface area contributed by atoms with E-state index < -0.39 is 17.4 Å². The van der Waals surface area contributed by atoms with Gasteiger partial charge in [-0.15, -0.1) is 0 Å². The van der Waals surface area contributed by atoms with Crippen molar-refractivity contribution in [1.29, 1.82) is 0 Å². The summed E-state index contributed by atoms with van der Waals surface area (Å²) in [5, 5.41) is 5.31. The Balaban J connectivity index is 2.48. The van der Waals surface area contributed by atoms with Crippen LogP contribution in [0.3, 0.4) is 0 Å². The summed E-state index contributed by atoms with van der Waals surface area (Å²) in [5.41, 5.74) is 2.18. The molecule has 0 spiro atoms. The highest BCUT2D eigenvalue weighted by Gasteiger charge is 2.09. The maximum atomic E-state index is 12.0. The average molecular weight is 443 g/mol. The topological polar surface area (TPSA) is 92.3 Å². The Bertz CT molecular complexity index is 702. The molecule has 1 aromatic rings. The van der Waals surface area contributed by atoms with Crippen LogP contribution in [-0.4, -0.2) is 39.4 Å². The summed E-state index contributed by atoms with van der Waals surface area (Å²) in [6, 6.07) is 6.70. The number of aryl methyl sites for hydroxylation is 1. The molecule has 6 nitrogen and oxygen atoms in total. The summed E-state index contributed by atoms with van der Waals surface area (Å²) in [6.07, 6.45) is 1.51. The number of hydrogen-bond donors (Lipinski definition) is 2. The standard InChI is InChI=1S/C17H26N2O4S2Si2/c1-13-6-7-14(18-16(20)24-8-4-10-26(2)22)12-15(13)19-17(21)25-9-5-11-27(3)23/h6-7,12H,4-5,8-11H2,1-3H3,(H,18,20)(H,19,21). The number of hydrogen-bond acceptors (Lipinski definition) is 6. The van der Waals surface area contributed by atoms with Crippen LogP contribution in [0, 0.1) is 6.92 Å². The quantitative estimate of drug-likeness (QED) is 0.372. The van der Waals surface area contributed by atoms with Gasteiger partial charge in [-0.05, 0) is 62.6 Å². The van der Waals surface area contributed by atoms with Crippen LogP contribution in [0.4, 0.5) is 21.0 Å². The molecule has 27 heavy (non-hydrogen) atoms. The van der Waals surface area contributed by atoms with E-state index in [1.54, 1.807) is 25.2 Å². The number of amides is 2. The Kier molecular flexibility index (Phi) is 11.6. The van der Waals surface area contributed by atoms with E-state index in [9.17, 15) is 18.5 Å². The fraction of sp³-hybridized carbons (Fsp3) is 0.529. The second-order valence-electron chi connectivity index (χ2n) is 6.16. The van der Waals surface area contributed by atoms with Gasteiger partial charge >= 0.3 is 0 Å². The van der Waals surface area contributed by atoms with Crippen LogP contribution >= 0.6 is 23.5 Å². The van der Waals surface area contributed by atoms with Crippen molar-refractivity contribution in [3.05, 3.63) is 23.8 Å². The first-order chi connectivity index (χ1) is 12.8. The summed E-state index contributed by atoms with van der Waals surface area (Å²) in [4.78, 5) is 24.0. The smallest absolute Gasteiger partial charge is 0.283 e. The van der Waals surface area contributed by atoms with Crippen molar-refractivity contribution < 1.29 is 18.5 Å². The number of carbonyl (C=O) groups excluding carboxylic acids is 2. The Morgan fingerprint density at radius 1 is 0.926 bits per heavy atom. The van der Waals surface area contributed by atoms with Gasteiger partial charge in [0.15, 0.2) is 0 Å². The van der Waals surface area contributed by atoms with E-state index >= 15 is 0 Å². The molecule has 0 aliphatic heterocycles. The number of thioether (sulfide) groups is 2. The normalized spacial score (nSPS) is 10.3. The molecule has 2 N–H and O–H groups in total. The van der Waals surface area contributed by atoms with Crippen LogP contribution in [0.25, 0.3) is 0 Å². The molecule has 0 saturated carbocycles. The van der Waals surface area contributed by atoms with Gasteiger partial charge in [0.25, 0.3) is 27.8 Å². The van der Waals surface area contributed by atoms with Crippen LogP contribution in [0.15, 0.2) is 18.2 Å². The molecule has 0 fully saturated rings. The van der Waals surface area contributed by atoms with Crippen molar-refractivity contribution in [3.8, 4) is 0 Å². The SMILES string of the molecule is Cc1ccc(NC(=O)SCCC[Si](C)=O)cc1NC(=O)SCCC[Si](C)=O. The second kappa shape index (κ2) is 13.1. The lowest BCUT2D eigenvalue weighted by Crippen LogP contribution is -2.10. The molecular formula is C17H26N2O4S2Si2. The van der Waals surface area contributed by atoms with Gasteiger partial charge in [0, 0.05) is 22.9 Å². The molecule has 1 aromatic carbocycles. The summed E-state index contributed by atoms with van der Waals surface area (Å²) < 4.78 is 22.2.